The van der Waals surface area contributed by atoms with Crippen LogP contribution in [0.4, 0.5) is 0 Å². The molecule has 1 N–H and O–H groups in total. The molecule has 1 aromatic heterocycles. The van der Waals surface area contributed by atoms with Crippen molar-refractivity contribution >= 4 is 38.6 Å². The maximum atomic E-state index is 13.8. The van der Waals surface area contributed by atoms with E-state index in [1.54, 1.807) is 4.90 Å². The SMILES string of the molecule is C[C@@]1(C(=O)NCc2ccccc2)Cn2c(cc3ccccc32)C(=O)N1Cc1cccc(Br)c1. The molecule has 1 aliphatic rings. The van der Waals surface area contributed by atoms with E-state index in [0.717, 1.165) is 26.5 Å². The first-order valence-corrected chi connectivity index (χ1v) is 11.7. The van der Waals surface area contributed by atoms with Crippen LogP contribution in [0.25, 0.3) is 10.9 Å². The molecule has 1 atom stereocenters. The lowest BCUT2D eigenvalue weighted by Gasteiger charge is -2.44. The molecule has 2 heterocycles. The van der Waals surface area contributed by atoms with Gasteiger partial charge in [-0.1, -0.05) is 76.6 Å². The van der Waals surface area contributed by atoms with Crippen LogP contribution in [0.3, 0.4) is 0 Å². The molecule has 5 rings (SSSR count). The number of fused-ring (bicyclic) bond motifs is 3. The number of carbonyl (C=O) groups is 2. The molecule has 0 aliphatic carbocycles. The van der Waals surface area contributed by atoms with Gasteiger partial charge in [-0.2, -0.15) is 0 Å². The quantitative estimate of drug-likeness (QED) is 0.411. The highest BCUT2D eigenvalue weighted by Crippen LogP contribution is 2.33. The fraction of sp³-hybridized carbons (Fsp3) is 0.185. The van der Waals surface area contributed by atoms with Gasteiger partial charge in [0.15, 0.2) is 0 Å². The number of para-hydroxylation sites is 1. The van der Waals surface area contributed by atoms with Crippen molar-refractivity contribution in [3.8, 4) is 0 Å². The topological polar surface area (TPSA) is 54.3 Å². The third kappa shape index (κ3) is 3.95. The van der Waals surface area contributed by atoms with E-state index in [9.17, 15) is 9.59 Å². The molecular weight excluding hydrogens is 478 g/mol. The summed E-state index contributed by atoms with van der Waals surface area (Å²) in [5, 5.41) is 4.07. The first-order valence-electron chi connectivity index (χ1n) is 10.9. The molecule has 33 heavy (non-hydrogen) atoms. The van der Waals surface area contributed by atoms with E-state index in [4.69, 9.17) is 0 Å². The third-order valence-electron chi connectivity index (χ3n) is 6.35. The summed E-state index contributed by atoms with van der Waals surface area (Å²) in [4.78, 5) is 29.1. The van der Waals surface area contributed by atoms with Crippen molar-refractivity contribution in [2.75, 3.05) is 0 Å². The summed E-state index contributed by atoms with van der Waals surface area (Å²) < 4.78 is 2.92. The normalized spacial score (nSPS) is 17.8. The molecule has 6 heteroatoms. The molecule has 0 saturated heterocycles. The number of hydrogen-bond acceptors (Lipinski definition) is 2. The van der Waals surface area contributed by atoms with Crippen molar-refractivity contribution in [3.05, 3.63) is 106 Å². The Kier molecular flexibility index (Phi) is 5.54. The summed E-state index contributed by atoms with van der Waals surface area (Å²) >= 11 is 3.51. The van der Waals surface area contributed by atoms with Gasteiger partial charge in [-0.15, -0.1) is 0 Å². The standard InChI is InChI=1S/C27H24BrN3O2/c1-27(26(33)29-16-19-8-3-2-4-9-19)18-30-23-13-6-5-11-21(23)15-24(30)25(32)31(27)17-20-10-7-12-22(28)14-20/h2-15H,16-18H2,1H3,(H,29,33)/t27-/m0/s1. The fourth-order valence-corrected chi connectivity index (χ4v) is 4.99. The highest BCUT2D eigenvalue weighted by molar-refractivity contribution is 9.10. The fourth-order valence-electron chi connectivity index (χ4n) is 4.54. The van der Waals surface area contributed by atoms with Gasteiger partial charge in [0.2, 0.25) is 5.91 Å². The average molecular weight is 502 g/mol. The smallest absolute Gasteiger partial charge is 0.271 e. The molecule has 2 amide bonds. The predicted molar refractivity (Wildman–Crippen MR) is 133 cm³/mol. The second-order valence-corrected chi connectivity index (χ2v) is 9.55. The van der Waals surface area contributed by atoms with Crippen molar-refractivity contribution in [3.63, 3.8) is 0 Å². The Morgan fingerprint density at radius 1 is 0.970 bits per heavy atom. The van der Waals surface area contributed by atoms with Crippen molar-refractivity contribution in [2.24, 2.45) is 0 Å². The van der Waals surface area contributed by atoms with E-state index in [1.165, 1.54) is 0 Å². The van der Waals surface area contributed by atoms with Crippen LogP contribution >= 0.6 is 15.9 Å². The molecule has 0 radical (unpaired) electrons. The minimum Gasteiger partial charge on any atom is -0.350 e. The monoisotopic (exact) mass is 501 g/mol. The molecule has 4 aromatic rings. The van der Waals surface area contributed by atoms with Gasteiger partial charge in [0.25, 0.3) is 5.91 Å². The predicted octanol–water partition coefficient (Wildman–Crippen LogP) is 5.13. The van der Waals surface area contributed by atoms with E-state index in [2.05, 4.69) is 21.2 Å². The molecule has 0 unspecified atom stereocenters. The number of nitrogens with zero attached hydrogens (tertiary/aromatic N) is 2. The zero-order chi connectivity index (χ0) is 23.0. The van der Waals surface area contributed by atoms with Crippen LogP contribution in [0.15, 0.2) is 89.4 Å². The Balaban J connectivity index is 1.54. The second kappa shape index (κ2) is 8.52. The Bertz CT molecular complexity index is 1350. The zero-order valence-corrected chi connectivity index (χ0v) is 19.9. The molecule has 0 fully saturated rings. The van der Waals surface area contributed by atoms with Crippen LogP contribution in [0, 0.1) is 0 Å². The van der Waals surface area contributed by atoms with Gasteiger partial charge in [0.1, 0.15) is 11.2 Å². The summed E-state index contributed by atoms with van der Waals surface area (Å²) in [7, 11) is 0. The van der Waals surface area contributed by atoms with E-state index >= 15 is 0 Å². The van der Waals surface area contributed by atoms with Gasteiger partial charge in [-0.25, -0.2) is 0 Å². The molecule has 3 aromatic carbocycles. The first-order chi connectivity index (χ1) is 16.0. The minimum atomic E-state index is -1.05. The average Bonchev–Trinajstić information content (AvgIpc) is 3.19. The van der Waals surface area contributed by atoms with Gasteiger partial charge in [0.05, 0.1) is 6.54 Å². The largest absolute Gasteiger partial charge is 0.350 e. The van der Waals surface area contributed by atoms with Crippen LogP contribution in [0.1, 0.15) is 28.5 Å². The van der Waals surface area contributed by atoms with Gasteiger partial charge >= 0.3 is 0 Å². The van der Waals surface area contributed by atoms with Crippen LogP contribution in [0.5, 0.6) is 0 Å². The Hall–Kier alpha value is -3.38. The number of amides is 2. The highest BCUT2D eigenvalue weighted by atomic mass is 79.9. The van der Waals surface area contributed by atoms with Crippen LogP contribution < -0.4 is 5.32 Å². The van der Waals surface area contributed by atoms with Gasteiger partial charge in [-0.05, 0) is 42.3 Å². The molecule has 0 saturated carbocycles. The maximum absolute atomic E-state index is 13.8. The van der Waals surface area contributed by atoms with E-state index in [1.807, 2.05) is 96.4 Å². The molecule has 1 aliphatic heterocycles. The summed E-state index contributed by atoms with van der Waals surface area (Å²) in [6.45, 7) is 3.00. The number of nitrogens with one attached hydrogen (secondary N) is 1. The van der Waals surface area contributed by atoms with Gasteiger partial charge < -0.3 is 14.8 Å². The number of hydrogen-bond donors (Lipinski definition) is 1. The summed E-state index contributed by atoms with van der Waals surface area (Å²) in [6, 6.07) is 27.5. The summed E-state index contributed by atoms with van der Waals surface area (Å²) in [6.07, 6.45) is 0. The Morgan fingerprint density at radius 3 is 2.48 bits per heavy atom. The molecule has 0 bridgehead atoms. The van der Waals surface area contributed by atoms with Crippen LogP contribution in [0.2, 0.25) is 0 Å². The van der Waals surface area contributed by atoms with Crippen molar-refractivity contribution in [1.29, 1.82) is 0 Å². The van der Waals surface area contributed by atoms with Crippen molar-refractivity contribution in [2.45, 2.75) is 32.1 Å². The first kappa shape index (κ1) is 21.5. The highest BCUT2D eigenvalue weighted by Gasteiger charge is 2.47. The van der Waals surface area contributed by atoms with Crippen LogP contribution in [-0.2, 0) is 24.4 Å². The lowest BCUT2D eigenvalue weighted by Crippen LogP contribution is -2.63. The summed E-state index contributed by atoms with van der Waals surface area (Å²) in [5.74, 6) is -0.312. The van der Waals surface area contributed by atoms with E-state index in [0.29, 0.717) is 25.3 Å². The molecule has 0 spiro atoms. The molecule has 5 nitrogen and oxygen atoms in total. The number of carbonyl (C=O) groups excluding carboxylic acids is 2. The number of aromatic nitrogens is 1. The minimum absolute atomic E-state index is 0.144. The lowest BCUT2D eigenvalue weighted by molar-refractivity contribution is -0.133. The van der Waals surface area contributed by atoms with E-state index in [-0.39, 0.29) is 11.8 Å². The Morgan fingerprint density at radius 2 is 1.70 bits per heavy atom. The summed E-state index contributed by atoms with van der Waals surface area (Å²) in [5.41, 5.74) is 2.50. The third-order valence-corrected chi connectivity index (χ3v) is 6.84. The van der Waals surface area contributed by atoms with E-state index < -0.39 is 5.54 Å². The van der Waals surface area contributed by atoms with Gasteiger partial charge in [0, 0.05) is 28.5 Å². The molecular formula is C27H24BrN3O2. The molecule has 166 valence electrons. The number of rotatable bonds is 5. The van der Waals surface area contributed by atoms with Crippen molar-refractivity contribution < 1.29 is 9.59 Å². The van der Waals surface area contributed by atoms with Crippen molar-refractivity contribution in [1.82, 2.24) is 14.8 Å². The zero-order valence-electron chi connectivity index (χ0n) is 18.3. The number of halogens is 1. The maximum Gasteiger partial charge on any atom is 0.271 e. The second-order valence-electron chi connectivity index (χ2n) is 8.64. The number of benzene rings is 3. The lowest BCUT2D eigenvalue weighted by atomic mass is 9.93. The van der Waals surface area contributed by atoms with Crippen LogP contribution in [-0.4, -0.2) is 26.8 Å². The Labute approximate surface area is 201 Å². The van der Waals surface area contributed by atoms with Gasteiger partial charge in [-0.3, -0.25) is 9.59 Å².